The van der Waals surface area contributed by atoms with Crippen LogP contribution in [0.1, 0.15) is 27.7 Å². The first-order valence-corrected chi connectivity index (χ1v) is 9.87. The molecular formula is C14H25Cl3INaO10S. The monoisotopic (exact) mass is 640 g/mol. The normalized spacial score (nSPS) is 7.60. The van der Waals surface area contributed by atoms with Crippen molar-refractivity contribution in [1.82, 2.24) is 0 Å². The van der Waals surface area contributed by atoms with Crippen LogP contribution in [0.2, 0.25) is 0 Å². The third kappa shape index (κ3) is 63.0. The maximum Gasteiger partial charge on any atom is 1.00 e. The molecule has 0 aliphatic carbocycles. The van der Waals surface area contributed by atoms with E-state index < -0.39 is 17.7 Å². The number of thioether (sulfide) groups is 1. The van der Waals surface area contributed by atoms with Crippen LogP contribution >= 0.6 is 46.6 Å². The van der Waals surface area contributed by atoms with Gasteiger partial charge < -0.3 is 52.8 Å². The van der Waals surface area contributed by atoms with E-state index in [9.17, 15) is 19.2 Å². The molecule has 0 radical (unpaired) electrons. The molecular weight excluding hydrogens is 616 g/mol. The summed E-state index contributed by atoms with van der Waals surface area (Å²) >= 11 is 15.4. The molecule has 16 heteroatoms. The zero-order chi connectivity index (χ0) is 22.8. The van der Waals surface area contributed by atoms with E-state index in [1.54, 1.807) is 20.8 Å². The van der Waals surface area contributed by atoms with Crippen molar-refractivity contribution in [3.63, 3.8) is 0 Å². The van der Waals surface area contributed by atoms with Crippen LogP contribution < -0.4 is 53.5 Å². The fraction of sp³-hybridized carbons (Fsp3) is 0.714. The zero-order valence-corrected chi connectivity index (χ0v) is 24.5. The summed E-state index contributed by atoms with van der Waals surface area (Å²) in [4.78, 5) is 40.4. The summed E-state index contributed by atoms with van der Waals surface area (Å²) in [6, 6.07) is -0.332. The number of hydrogen-bond acceptors (Lipinski definition) is 11. The molecule has 0 saturated heterocycles. The Bertz CT molecular complexity index is 404. The average Bonchev–Trinajstić information content (AvgIpc) is 2.57. The van der Waals surface area contributed by atoms with Gasteiger partial charge in [0.15, 0.2) is 17.2 Å². The van der Waals surface area contributed by atoms with Crippen molar-refractivity contribution in [2.24, 2.45) is 0 Å². The van der Waals surface area contributed by atoms with Gasteiger partial charge in [-0.05, 0) is 32.5 Å². The Morgan fingerprint density at radius 1 is 0.833 bits per heavy atom. The molecule has 1 N–H and O–H groups in total. The molecule has 0 aromatic rings. The average molecular weight is 642 g/mol. The van der Waals surface area contributed by atoms with E-state index in [2.05, 4.69) is 35.3 Å². The number of aliphatic hydroxyl groups excluding tert-OH is 1. The molecule has 0 spiro atoms. The second-order valence-corrected chi connectivity index (χ2v) is 5.17. The van der Waals surface area contributed by atoms with Crippen molar-refractivity contribution in [3.8, 4) is 0 Å². The van der Waals surface area contributed by atoms with Gasteiger partial charge in [-0.3, -0.25) is 4.79 Å². The summed E-state index contributed by atoms with van der Waals surface area (Å²) in [6.07, 6.45) is -1.45. The van der Waals surface area contributed by atoms with Crippen LogP contribution in [-0.4, -0.2) is 65.9 Å². The molecule has 0 amide bonds. The van der Waals surface area contributed by atoms with E-state index in [-0.39, 0.29) is 89.9 Å². The minimum atomic E-state index is -0.870. The number of rotatable bonds is 6. The van der Waals surface area contributed by atoms with Crippen molar-refractivity contribution in [3.05, 3.63) is 0 Å². The molecule has 0 aromatic heterocycles. The van der Waals surface area contributed by atoms with E-state index >= 15 is 0 Å². The molecule has 0 rings (SSSR count). The molecule has 0 heterocycles. The van der Waals surface area contributed by atoms with Crippen LogP contribution in [-0.2, 0) is 28.5 Å². The number of halogens is 4. The van der Waals surface area contributed by atoms with Crippen molar-refractivity contribution in [1.29, 1.82) is 0 Å². The van der Waals surface area contributed by atoms with Crippen LogP contribution in [0.5, 0.6) is 0 Å². The quantitative estimate of drug-likeness (QED) is 0.0678. The smallest absolute Gasteiger partial charge is 1.00 e. The minimum Gasteiger partial charge on any atom is -1.00 e. The molecule has 176 valence electrons. The molecule has 10 nitrogen and oxygen atoms in total. The van der Waals surface area contributed by atoms with E-state index in [0.29, 0.717) is 6.61 Å². The summed E-state index contributed by atoms with van der Waals surface area (Å²) in [6.45, 7) is 7.30. The summed E-state index contributed by atoms with van der Waals surface area (Å²) in [5.74, 6) is 0.0220. The Labute approximate surface area is 234 Å². The van der Waals surface area contributed by atoms with Crippen LogP contribution in [0.25, 0.3) is 0 Å². The maximum atomic E-state index is 10.5. The van der Waals surface area contributed by atoms with Gasteiger partial charge in [0.2, 0.25) is 0 Å². The third-order valence-electron chi connectivity index (χ3n) is 1.30. The number of alkyl halides is 2. The molecule has 0 bridgehead atoms. The van der Waals surface area contributed by atoms with E-state index in [0.717, 1.165) is 11.8 Å². The summed E-state index contributed by atoms with van der Waals surface area (Å²) < 4.78 is 21.4. The van der Waals surface area contributed by atoms with Gasteiger partial charge in [0, 0.05) is 25.1 Å². The molecule has 0 aromatic carbocycles. The van der Waals surface area contributed by atoms with Gasteiger partial charge in [-0.25, -0.2) is 14.4 Å². The van der Waals surface area contributed by atoms with Gasteiger partial charge in [-0.1, -0.05) is 23.2 Å². The standard InChI is InChI=1S/C6H10O4S.C4H7ClO3.C2H2Cl2O2.C2H6O.HI.Na/c1-3-9-6(8)10-4-11-5(2)7;1-2-7-4(6)8-3-5;3-1-6-2(4)5;1-2-3;;/h3-4H2,1-2H3;2-3H2,1H3;1H2;3H,2H2,1H3;1H;/q;;;;;+1/p-1. The Hall–Kier alpha value is 0.590. The summed E-state index contributed by atoms with van der Waals surface area (Å²) in [5, 5.41) is 7.48. The van der Waals surface area contributed by atoms with Gasteiger partial charge in [-0.15, -0.1) is 0 Å². The number of hydrogen-bond donors (Lipinski definition) is 1. The van der Waals surface area contributed by atoms with Crippen molar-refractivity contribution >= 4 is 69.4 Å². The molecule has 0 aliphatic rings. The molecule has 0 aliphatic heterocycles. The van der Waals surface area contributed by atoms with Gasteiger partial charge in [0.05, 0.1) is 13.2 Å². The van der Waals surface area contributed by atoms with Gasteiger partial charge >= 0.3 is 47.3 Å². The molecule has 0 saturated carbocycles. The van der Waals surface area contributed by atoms with Crippen LogP contribution in [0.15, 0.2) is 0 Å². The van der Waals surface area contributed by atoms with Crippen molar-refractivity contribution in [2.75, 3.05) is 37.9 Å². The Balaban J connectivity index is -0.0000000676. The van der Waals surface area contributed by atoms with E-state index in [4.69, 9.17) is 28.3 Å². The van der Waals surface area contributed by atoms with Crippen LogP contribution in [0, 0.1) is 0 Å². The Kier molecular flexibility index (Phi) is 59.1. The van der Waals surface area contributed by atoms with E-state index in [1.165, 1.54) is 6.92 Å². The fourth-order valence-corrected chi connectivity index (χ4v) is 1.19. The van der Waals surface area contributed by atoms with Gasteiger partial charge in [0.1, 0.15) is 5.94 Å². The topological polar surface area (TPSA) is 135 Å². The number of ether oxygens (including phenoxy) is 5. The largest absolute Gasteiger partial charge is 1.00 e. The number of aliphatic hydroxyl groups is 1. The van der Waals surface area contributed by atoms with Crippen LogP contribution in [0.3, 0.4) is 0 Å². The fourth-order valence-electron chi connectivity index (χ4n) is 0.567. The van der Waals surface area contributed by atoms with Gasteiger partial charge in [-0.2, -0.15) is 0 Å². The Morgan fingerprint density at radius 3 is 1.43 bits per heavy atom. The predicted molar refractivity (Wildman–Crippen MR) is 106 cm³/mol. The second kappa shape index (κ2) is 40.0. The minimum absolute atomic E-state index is 0. The van der Waals surface area contributed by atoms with Crippen molar-refractivity contribution < 1.29 is 102 Å². The number of carbonyl (C=O) groups is 4. The van der Waals surface area contributed by atoms with Gasteiger partial charge in [0.25, 0.3) is 0 Å². The molecule has 0 atom stereocenters. The third-order valence-corrected chi connectivity index (χ3v) is 2.27. The summed E-state index contributed by atoms with van der Waals surface area (Å²) in [7, 11) is 0. The SMILES string of the molecule is CCO.CCOC(=O)OCCl.CCOC(=O)OCSC(C)=O.O=C(Cl)OCCl.[I-].[Na+]. The summed E-state index contributed by atoms with van der Waals surface area (Å²) in [5.41, 5.74) is -0.870. The van der Waals surface area contributed by atoms with Crippen LogP contribution in [0.4, 0.5) is 14.4 Å². The van der Waals surface area contributed by atoms with Crippen molar-refractivity contribution in [2.45, 2.75) is 27.7 Å². The zero-order valence-electron chi connectivity index (χ0n) is 17.3. The molecule has 30 heavy (non-hydrogen) atoms. The Morgan fingerprint density at radius 2 is 1.20 bits per heavy atom. The first-order valence-electron chi connectivity index (χ1n) is 7.43. The predicted octanol–water partition coefficient (Wildman–Crippen LogP) is -1.68. The maximum absolute atomic E-state index is 10.5. The van der Waals surface area contributed by atoms with E-state index in [1.807, 2.05) is 0 Å². The second-order valence-electron chi connectivity index (χ2n) is 3.32. The number of carbonyl (C=O) groups excluding carboxylic acids is 4. The molecule has 0 unspecified atom stereocenters. The molecule has 0 fully saturated rings. The first kappa shape index (κ1) is 44.3. The first-order chi connectivity index (χ1) is 13.2.